The molecule has 0 N–H and O–H groups in total. The molecule has 0 aliphatic rings. The highest BCUT2D eigenvalue weighted by molar-refractivity contribution is 7.89. The van der Waals surface area contributed by atoms with Crippen LogP contribution in [0, 0.1) is 0 Å². The molecule has 0 spiro atoms. The van der Waals surface area contributed by atoms with Crippen molar-refractivity contribution in [3.05, 3.63) is 65.2 Å². The number of carbonyl (C=O) groups is 1. The fraction of sp³-hybridized carbons (Fsp3) is 0.278. The zero-order valence-electron chi connectivity index (χ0n) is 14.1. The van der Waals surface area contributed by atoms with Gasteiger partial charge in [0.2, 0.25) is 10.0 Å². The van der Waals surface area contributed by atoms with Gasteiger partial charge in [0, 0.05) is 11.6 Å². The van der Waals surface area contributed by atoms with Crippen molar-refractivity contribution >= 4 is 27.6 Å². The van der Waals surface area contributed by atoms with Crippen LogP contribution < -0.4 is 0 Å². The zero-order valence-corrected chi connectivity index (χ0v) is 15.6. The minimum atomic E-state index is -3.91. The van der Waals surface area contributed by atoms with E-state index in [1.807, 2.05) is 30.3 Å². The summed E-state index contributed by atoms with van der Waals surface area (Å²) < 4.78 is 32.3. The average molecular weight is 382 g/mol. The van der Waals surface area contributed by atoms with E-state index >= 15 is 0 Å². The fourth-order valence-corrected chi connectivity index (χ4v) is 4.26. The Hall–Kier alpha value is -1.89. The number of sulfonamides is 1. The molecule has 2 aromatic rings. The van der Waals surface area contributed by atoms with Crippen LogP contribution in [-0.4, -0.2) is 31.8 Å². The van der Waals surface area contributed by atoms with Gasteiger partial charge < -0.3 is 4.74 Å². The largest absolute Gasteiger partial charge is 0.468 e. The van der Waals surface area contributed by atoms with E-state index in [0.29, 0.717) is 11.4 Å². The standard InChI is InChI=1S/C18H20ClNO4S/c1-3-17(18(21)24-2)20(13-14-7-5-4-6-8-14)25(22,23)16-11-9-15(19)10-12-16/h4-12,17H,3,13H2,1-2H3/t17-/m0/s1. The monoisotopic (exact) mass is 381 g/mol. The number of nitrogens with zero attached hydrogens (tertiary/aromatic N) is 1. The van der Waals surface area contributed by atoms with Gasteiger partial charge >= 0.3 is 5.97 Å². The lowest BCUT2D eigenvalue weighted by Gasteiger charge is -2.28. The lowest BCUT2D eigenvalue weighted by atomic mass is 10.2. The van der Waals surface area contributed by atoms with E-state index in [9.17, 15) is 13.2 Å². The molecule has 0 unspecified atom stereocenters. The van der Waals surface area contributed by atoms with Crippen LogP contribution >= 0.6 is 11.6 Å². The van der Waals surface area contributed by atoms with Gasteiger partial charge in [0.05, 0.1) is 12.0 Å². The van der Waals surface area contributed by atoms with Gasteiger partial charge in [-0.05, 0) is 36.2 Å². The number of hydrogen-bond donors (Lipinski definition) is 0. The number of rotatable bonds is 7. The van der Waals surface area contributed by atoms with Crippen molar-refractivity contribution in [3.63, 3.8) is 0 Å². The first-order valence-electron chi connectivity index (χ1n) is 7.79. The molecule has 0 amide bonds. The van der Waals surface area contributed by atoms with E-state index in [1.165, 1.54) is 35.7 Å². The van der Waals surface area contributed by atoms with E-state index in [1.54, 1.807) is 6.92 Å². The lowest BCUT2D eigenvalue weighted by molar-refractivity contribution is -0.145. The molecule has 2 rings (SSSR count). The van der Waals surface area contributed by atoms with Crippen molar-refractivity contribution in [3.8, 4) is 0 Å². The summed E-state index contributed by atoms with van der Waals surface area (Å²) in [6.07, 6.45) is 0.298. The van der Waals surface area contributed by atoms with Gasteiger partial charge in [0.1, 0.15) is 6.04 Å². The maximum atomic E-state index is 13.1. The van der Waals surface area contributed by atoms with Gasteiger partial charge in [-0.3, -0.25) is 4.79 Å². The second-order valence-corrected chi connectivity index (χ2v) is 7.76. The van der Waals surface area contributed by atoms with Crippen LogP contribution in [0.4, 0.5) is 0 Å². The number of halogens is 1. The topological polar surface area (TPSA) is 63.7 Å². The van der Waals surface area contributed by atoms with E-state index in [-0.39, 0.29) is 11.4 Å². The molecular formula is C18H20ClNO4S. The molecule has 0 heterocycles. The summed E-state index contributed by atoms with van der Waals surface area (Å²) in [4.78, 5) is 12.2. The lowest BCUT2D eigenvalue weighted by Crippen LogP contribution is -2.44. The molecule has 0 radical (unpaired) electrons. The minimum absolute atomic E-state index is 0.0689. The molecule has 7 heteroatoms. The third-order valence-electron chi connectivity index (χ3n) is 3.81. The Labute approximate surface area is 153 Å². The maximum absolute atomic E-state index is 13.1. The van der Waals surface area contributed by atoms with E-state index < -0.39 is 22.0 Å². The molecule has 5 nitrogen and oxygen atoms in total. The van der Waals surface area contributed by atoms with Gasteiger partial charge in [-0.1, -0.05) is 48.9 Å². The zero-order chi connectivity index (χ0) is 18.4. The predicted molar refractivity (Wildman–Crippen MR) is 96.7 cm³/mol. The average Bonchev–Trinajstić information content (AvgIpc) is 2.62. The molecule has 25 heavy (non-hydrogen) atoms. The molecule has 0 saturated carbocycles. The normalized spacial score (nSPS) is 12.8. The quantitative estimate of drug-likeness (QED) is 0.689. The Morgan fingerprint density at radius 3 is 2.24 bits per heavy atom. The van der Waals surface area contributed by atoms with Crippen LogP contribution in [0.5, 0.6) is 0 Å². The van der Waals surface area contributed by atoms with Crippen LogP contribution in [0.25, 0.3) is 0 Å². The van der Waals surface area contributed by atoms with E-state index in [4.69, 9.17) is 16.3 Å². The van der Waals surface area contributed by atoms with Gasteiger partial charge in [0.15, 0.2) is 0 Å². The Kier molecular flexibility index (Phi) is 6.58. The molecule has 0 aliphatic heterocycles. The van der Waals surface area contributed by atoms with Gasteiger partial charge in [0.25, 0.3) is 0 Å². The molecule has 2 aromatic carbocycles. The first-order valence-corrected chi connectivity index (χ1v) is 9.61. The van der Waals surface area contributed by atoms with E-state index in [0.717, 1.165) is 5.56 Å². The van der Waals surface area contributed by atoms with Crippen LogP contribution in [0.3, 0.4) is 0 Å². The first-order chi connectivity index (χ1) is 11.9. The highest BCUT2D eigenvalue weighted by Crippen LogP contribution is 2.24. The fourth-order valence-electron chi connectivity index (χ4n) is 2.49. The summed E-state index contributed by atoms with van der Waals surface area (Å²) in [5.41, 5.74) is 0.780. The summed E-state index contributed by atoms with van der Waals surface area (Å²) in [7, 11) is -2.66. The Balaban J connectivity index is 2.48. The number of esters is 1. The van der Waals surface area contributed by atoms with Crippen molar-refractivity contribution in [1.82, 2.24) is 4.31 Å². The summed E-state index contributed by atoms with van der Waals surface area (Å²) >= 11 is 5.85. The van der Waals surface area contributed by atoms with Crippen molar-refractivity contribution in [2.24, 2.45) is 0 Å². The Morgan fingerprint density at radius 2 is 1.72 bits per heavy atom. The maximum Gasteiger partial charge on any atom is 0.324 e. The second-order valence-electron chi connectivity index (χ2n) is 5.44. The third kappa shape index (κ3) is 4.60. The Morgan fingerprint density at radius 1 is 1.12 bits per heavy atom. The number of ether oxygens (including phenoxy) is 1. The van der Waals surface area contributed by atoms with Crippen molar-refractivity contribution in [2.75, 3.05) is 7.11 Å². The molecule has 0 saturated heterocycles. The SMILES string of the molecule is CC[C@@H](C(=O)OC)N(Cc1ccccc1)S(=O)(=O)c1ccc(Cl)cc1. The van der Waals surface area contributed by atoms with E-state index in [2.05, 4.69) is 0 Å². The molecular weight excluding hydrogens is 362 g/mol. The number of hydrogen-bond acceptors (Lipinski definition) is 4. The van der Waals surface area contributed by atoms with Crippen molar-refractivity contribution in [2.45, 2.75) is 30.8 Å². The predicted octanol–water partition coefficient (Wildman–Crippen LogP) is 3.48. The molecule has 0 aliphatic carbocycles. The van der Waals surface area contributed by atoms with Gasteiger partial charge in [-0.15, -0.1) is 0 Å². The van der Waals surface area contributed by atoms with Crippen molar-refractivity contribution in [1.29, 1.82) is 0 Å². The molecule has 0 fully saturated rings. The highest BCUT2D eigenvalue weighted by Gasteiger charge is 2.35. The van der Waals surface area contributed by atoms with Gasteiger partial charge in [-0.2, -0.15) is 4.31 Å². The number of benzene rings is 2. The minimum Gasteiger partial charge on any atom is -0.468 e. The smallest absolute Gasteiger partial charge is 0.324 e. The number of methoxy groups -OCH3 is 1. The third-order valence-corrected chi connectivity index (χ3v) is 5.93. The summed E-state index contributed by atoms with van der Waals surface area (Å²) in [6.45, 7) is 1.82. The second kappa shape index (κ2) is 8.47. The summed E-state index contributed by atoms with van der Waals surface area (Å²) in [5.74, 6) is -0.587. The summed E-state index contributed by atoms with van der Waals surface area (Å²) in [6, 6.07) is 14.1. The van der Waals surface area contributed by atoms with Gasteiger partial charge in [-0.25, -0.2) is 8.42 Å². The van der Waals surface area contributed by atoms with Crippen molar-refractivity contribution < 1.29 is 17.9 Å². The van der Waals surface area contributed by atoms with Crippen LogP contribution in [0.1, 0.15) is 18.9 Å². The van der Waals surface area contributed by atoms with Crippen LogP contribution in [0.2, 0.25) is 5.02 Å². The number of carbonyl (C=O) groups excluding carboxylic acids is 1. The Bertz CT molecular complexity index is 807. The van der Waals surface area contributed by atoms with Crippen LogP contribution in [-0.2, 0) is 26.1 Å². The molecule has 0 aromatic heterocycles. The molecule has 0 bridgehead atoms. The molecule has 134 valence electrons. The van der Waals surface area contributed by atoms with Crippen LogP contribution in [0.15, 0.2) is 59.5 Å². The summed E-state index contributed by atoms with van der Waals surface area (Å²) in [5, 5.41) is 0.438. The first kappa shape index (κ1) is 19.4. The highest BCUT2D eigenvalue weighted by atomic mass is 35.5. The molecule has 1 atom stereocenters.